The highest BCUT2D eigenvalue weighted by Crippen LogP contribution is 2.12. The highest BCUT2D eigenvalue weighted by molar-refractivity contribution is 5.44. The van der Waals surface area contributed by atoms with Crippen molar-refractivity contribution in [2.75, 3.05) is 0 Å². The van der Waals surface area contributed by atoms with Crippen LogP contribution in [0.3, 0.4) is 0 Å². The van der Waals surface area contributed by atoms with Crippen LogP contribution in [0.1, 0.15) is 0 Å². The number of rotatable bonds is 1. The molecule has 0 aromatic carbocycles. The Hall–Kier alpha value is -1.71. The molecule has 0 aliphatic carbocycles. The van der Waals surface area contributed by atoms with Gasteiger partial charge in [-0.2, -0.15) is 0 Å². The summed E-state index contributed by atoms with van der Waals surface area (Å²) in [6.45, 7) is 0. The van der Waals surface area contributed by atoms with E-state index < -0.39 is 0 Å². The van der Waals surface area contributed by atoms with Crippen molar-refractivity contribution in [1.82, 2.24) is 15.0 Å². The van der Waals surface area contributed by atoms with Gasteiger partial charge in [-0.25, -0.2) is 15.0 Å². The van der Waals surface area contributed by atoms with Crippen molar-refractivity contribution in [3.05, 3.63) is 31.1 Å². The van der Waals surface area contributed by atoms with Crippen LogP contribution in [0.4, 0.5) is 0 Å². The third kappa shape index (κ3) is 1.10. The summed E-state index contributed by atoms with van der Waals surface area (Å²) in [6, 6.07) is 3.59. The van der Waals surface area contributed by atoms with Gasteiger partial charge in [0.25, 0.3) is 0 Å². The van der Waals surface area contributed by atoms with Crippen LogP contribution in [0.2, 0.25) is 0 Å². The lowest BCUT2D eigenvalue weighted by atomic mass is 10.4. The summed E-state index contributed by atoms with van der Waals surface area (Å²) in [5, 5.41) is 0. The molecule has 2 aromatic rings. The molecule has 0 radical (unpaired) electrons. The molecule has 2 aromatic heterocycles. The molecule has 0 aliphatic heterocycles. The molecular formula is C7H5N3O. The second-order valence-corrected chi connectivity index (χ2v) is 1.94. The van der Waals surface area contributed by atoms with Crippen LogP contribution >= 0.6 is 0 Å². The summed E-state index contributed by atoms with van der Waals surface area (Å²) >= 11 is 0. The van der Waals surface area contributed by atoms with E-state index in [2.05, 4.69) is 15.0 Å². The molecule has 0 atom stereocenters. The van der Waals surface area contributed by atoms with Crippen LogP contribution in [-0.2, 0) is 0 Å². The second kappa shape index (κ2) is 2.49. The molecule has 0 saturated heterocycles. The van der Waals surface area contributed by atoms with Crippen LogP contribution in [-0.4, -0.2) is 15.0 Å². The van der Waals surface area contributed by atoms with Crippen LogP contribution in [0.5, 0.6) is 0 Å². The fraction of sp³-hybridized carbons (Fsp3) is 0. The van der Waals surface area contributed by atoms with Gasteiger partial charge >= 0.3 is 0 Å². The zero-order chi connectivity index (χ0) is 7.52. The number of furan rings is 1. The van der Waals surface area contributed by atoms with E-state index in [1.807, 2.05) is 0 Å². The first-order valence-corrected chi connectivity index (χ1v) is 3.13. The fourth-order valence-electron chi connectivity index (χ4n) is 0.772. The van der Waals surface area contributed by atoms with Crippen LogP contribution in [0.25, 0.3) is 11.6 Å². The lowest BCUT2D eigenvalue weighted by Crippen LogP contribution is -1.86. The number of hydrogen-bond donors (Lipinski definition) is 0. The first-order chi connectivity index (χ1) is 5.47. The van der Waals surface area contributed by atoms with Gasteiger partial charge in [0.15, 0.2) is 11.6 Å². The normalized spacial score (nSPS) is 9.82. The molecule has 2 rings (SSSR count). The summed E-state index contributed by atoms with van der Waals surface area (Å²) in [6.07, 6.45) is 4.45. The van der Waals surface area contributed by atoms with Crippen LogP contribution in [0, 0.1) is 0 Å². The van der Waals surface area contributed by atoms with Gasteiger partial charge in [0, 0.05) is 0 Å². The molecule has 0 aliphatic rings. The summed E-state index contributed by atoms with van der Waals surface area (Å²) in [7, 11) is 0. The Morgan fingerprint density at radius 1 is 1.18 bits per heavy atom. The van der Waals surface area contributed by atoms with E-state index in [4.69, 9.17) is 4.42 Å². The zero-order valence-electron chi connectivity index (χ0n) is 5.64. The standard InChI is InChI=1S/C7H5N3O/c1-2-6(11-3-1)7-9-4-8-5-10-7/h1-5H. The summed E-state index contributed by atoms with van der Waals surface area (Å²) in [5.41, 5.74) is 0. The van der Waals surface area contributed by atoms with Gasteiger partial charge in [-0.3, -0.25) is 0 Å². The first kappa shape index (κ1) is 6.03. The van der Waals surface area contributed by atoms with Gasteiger partial charge in [0.1, 0.15) is 12.7 Å². The maximum absolute atomic E-state index is 5.07. The molecule has 0 bridgehead atoms. The third-order valence-corrected chi connectivity index (χ3v) is 1.23. The topological polar surface area (TPSA) is 51.8 Å². The molecule has 0 unspecified atom stereocenters. The monoisotopic (exact) mass is 147 g/mol. The van der Waals surface area contributed by atoms with Gasteiger partial charge in [-0.1, -0.05) is 0 Å². The zero-order valence-corrected chi connectivity index (χ0v) is 5.64. The Balaban J connectivity index is 2.46. The Kier molecular flexibility index (Phi) is 1.37. The summed E-state index contributed by atoms with van der Waals surface area (Å²) in [4.78, 5) is 11.5. The van der Waals surface area contributed by atoms with Crippen LogP contribution < -0.4 is 0 Å². The molecule has 0 amide bonds. The minimum atomic E-state index is 0.560. The predicted molar refractivity (Wildman–Crippen MR) is 37.5 cm³/mol. The maximum Gasteiger partial charge on any atom is 0.198 e. The molecule has 0 spiro atoms. The molecule has 4 nitrogen and oxygen atoms in total. The van der Waals surface area contributed by atoms with E-state index in [0.717, 1.165) is 0 Å². The van der Waals surface area contributed by atoms with E-state index in [-0.39, 0.29) is 0 Å². The third-order valence-electron chi connectivity index (χ3n) is 1.23. The highest BCUT2D eigenvalue weighted by Gasteiger charge is 2.00. The van der Waals surface area contributed by atoms with Crippen molar-refractivity contribution in [2.45, 2.75) is 0 Å². The smallest absolute Gasteiger partial charge is 0.198 e. The average Bonchev–Trinajstić information content (AvgIpc) is 2.58. The van der Waals surface area contributed by atoms with Crippen molar-refractivity contribution in [3.8, 4) is 11.6 Å². The molecule has 54 valence electrons. The average molecular weight is 147 g/mol. The predicted octanol–water partition coefficient (Wildman–Crippen LogP) is 1.13. The van der Waals surface area contributed by atoms with Crippen molar-refractivity contribution in [2.24, 2.45) is 0 Å². The van der Waals surface area contributed by atoms with E-state index in [0.29, 0.717) is 11.6 Å². The van der Waals surface area contributed by atoms with Crippen molar-refractivity contribution < 1.29 is 4.42 Å². The molecule has 0 fully saturated rings. The molecule has 0 saturated carbocycles. The van der Waals surface area contributed by atoms with Gasteiger partial charge in [-0.15, -0.1) is 0 Å². The van der Waals surface area contributed by atoms with Gasteiger partial charge < -0.3 is 4.42 Å². The fourth-order valence-corrected chi connectivity index (χ4v) is 0.772. The number of hydrogen-bond acceptors (Lipinski definition) is 4. The Morgan fingerprint density at radius 2 is 2.00 bits per heavy atom. The Morgan fingerprint density at radius 3 is 2.64 bits per heavy atom. The van der Waals surface area contributed by atoms with E-state index in [9.17, 15) is 0 Å². The summed E-state index contributed by atoms with van der Waals surface area (Å²) < 4.78 is 5.07. The molecule has 11 heavy (non-hydrogen) atoms. The minimum Gasteiger partial charge on any atom is -0.461 e. The van der Waals surface area contributed by atoms with Gasteiger partial charge in [0.05, 0.1) is 6.26 Å². The van der Waals surface area contributed by atoms with E-state index in [1.165, 1.54) is 12.7 Å². The number of aromatic nitrogens is 3. The van der Waals surface area contributed by atoms with E-state index in [1.54, 1.807) is 18.4 Å². The SMILES string of the molecule is c1coc(-c2ncncn2)c1. The van der Waals surface area contributed by atoms with Gasteiger partial charge in [0.2, 0.25) is 0 Å². The lowest BCUT2D eigenvalue weighted by Gasteiger charge is -1.89. The largest absolute Gasteiger partial charge is 0.461 e. The number of nitrogens with zero attached hydrogens (tertiary/aromatic N) is 3. The van der Waals surface area contributed by atoms with Crippen molar-refractivity contribution in [3.63, 3.8) is 0 Å². The quantitative estimate of drug-likeness (QED) is 0.606. The van der Waals surface area contributed by atoms with Crippen molar-refractivity contribution in [1.29, 1.82) is 0 Å². The van der Waals surface area contributed by atoms with Crippen LogP contribution in [0.15, 0.2) is 35.5 Å². The highest BCUT2D eigenvalue weighted by atomic mass is 16.3. The Labute approximate surface area is 62.9 Å². The summed E-state index contributed by atoms with van der Waals surface area (Å²) in [5.74, 6) is 1.22. The molecule has 4 heteroatoms. The lowest BCUT2D eigenvalue weighted by molar-refractivity contribution is 0.576. The van der Waals surface area contributed by atoms with E-state index >= 15 is 0 Å². The van der Waals surface area contributed by atoms with Gasteiger partial charge in [-0.05, 0) is 12.1 Å². The second-order valence-electron chi connectivity index (χ2n) is 1.94. The minimum absolute atomic E-state index is 0.560. The molecule has 0 N–H and O–H groups in total. The van der Waals surface area contributed by atoms with Crippen molar-refractivity contribution >= 4 is 0 Å². The molecular weight excluding hydrogens is 142 g/mol. The first-order valence-electron chi connectivity index (χ1n) is 3.13. The molecule has 2 heterocycles. The Bertz CT molecular complexity index is 317. The maximum atomic E-state index is 5.07.